The van der Waals surface area contributed by atoms with Crippen LogP contribution in [0.25, 0.3) is 11.1 Å². The smallest absolute Gasteiger partial charge is 0.140 e. The van der Waals surface area contributed by atoms with E-state index in [0.29, 0.717) is 0 Å². The summed E-state index contributed by atoms with van der Waals surface area (Å²) in [5, 5.41) is 54.2. The van der Waals surface area contributed by atoms with E-state index in [4.69, 9.17) is 40.7 Å². The molecule has 0 atom stereocenters. The minimum atomic E-state index is -0.306. The minimum absolute atomic E-state index is 0.0523. The number of hydrogen-bond acceptors (Lipinski definition) is 8. The fourth-order valence-corrected chi connectivity index (χ4v) is 1.79. The van der Waals surface area contributed by atoms with Crippen LogP contribution in [0.5, 0.6) is 11.5 Å². The van der Waals surface area contributed by atoms with Crippen molar-refractivity contribution in [3.63, 3.8) is 0 Å². The van der Waals surface area contributed by atoms with Crippen molar-refractivity contribution in [1.29, 1.82) is 21.0 Å². The largest absolute Gasteiger partial charge is 0.490 e. The molecule has 0 radical (unpaired) electrons. The molecule has 0 aromatic heterocycles. The molecule has 0 heterocycles. The van der Waals surface area contributed by atoms with Gasteiger partial charge in [-0.3, -0.25) is 0 Å². The molecule has 1 aromatic rings. The van der Waals surface area contributed by atoms with Crippen molar-refractivity contribution in [2.75, 3.05) is 26.4 Å². The topological polar surface area (TPSA) is 154 Å². The molecule has 0 aliphatic heterocycles. The Balaban J connectivity index is 3.89. The van der Waals surface area contributed by atoms with Gasteiger partial charge in [-0.1, -0.05) is 0 Å². The van der Waals surface area contributed by atoms with E-state index in [9.17, 15) is 0 Å². The molecule has 8 heteroatoms. The molecule has 0 spiro atoms. The third-order valence-electron chi connectivity index (χ3n) is 2.77. The van der Waals surface area contributed by atoms with E-state index in [1.165, 1.54) is 12.1 Å². The van der Waals surface area contributed by atoms with Crippen molar-refractivity contribution in [1.82, 2.24) is 0 Å². The van der Waals surface area contributed by atoms with E-state index in [0.717, 1.165) is 0 Å². The fraction of sp³-hybridized carbons (Fsp3) is 0.250. The zero-order chi connectivity index (χ0) is 17.9. The van der Waals surface area contributed by atoms with Gasteiger partial charge in [0.05, 0.1) is 13.2 Å². The van der Waals surface area contributed by atoms with Gasteiger partial charge in [-0.25, -0.2) is 0 Å². The van der Waals surface area contributed by atoms with Gasteiger partial charge in [-0.15, -0.1) is 0 Å². The first kappa shape index (κ1) is 18.5. The fourth-order valence-electron chi connectivity index (χ4n) is 1.79. The van der Waals surface area contributed by atoms with Crippen molar-refractivity contribution in [2.24, 2.45) is 0 Å². The van der Waals surface area contributed by atoms with Crippen LogP contribution in [0.2, 0.25) is 0 Å². The van der Waals surface area contributed by atoms with Crippen LogP contribution in [0.3, 0.4) is 0 Å². The second-order valence-electron chi connectivity index (χ2n) is 4.19. The van der Waals surface area contributed by atoms with Gasteiger partial charge in [0.2, 0.25) is 0 Å². The van der Waals surface area contributed by atoms with Gasteiger partial charge in [0.25, 0.3) is 0 Å². The Labute approximate surface area is 137 Å². The van der Waals surface area contributed by atoms with Gasteiger partial charge < -0.3 is 19.7 Å². The SMILES string of the molecule is N#CC(C#N)=c1cc(OCCO)c(=C(C#N)C#N)cc1OCCO. The van der Waals surface area contributed by atoms with E-state index >= 15 is 0 Å². The Bertz CT molecular complexity index is 787. The van der Waals surface area contributed by atoms with Gasteiger partial charge in [-0.2, -0.15) is 21.0 Å². The molecule has 24 heavy (non-hydrogen) atoms. The summed E-state index contributed by atoms with van der Waals surface area (Å²) in [7, 11) is 0. The van der Waals surface area contributed by atoms with E-state index in [1.807, 2.05) is 0 Å². The monoisotopic (exact) mass is 324 g/mol. The van der Waals surface area contributed by atoms with E-state index in [1.54, 1.807) is 24.3 Å². The quantitative estimate of drug-likeness (QED) is 0.663. The Kier molecular flexibility index (Phi) is 7.28. The summed E-state index contributed by atoms with van der Waals surface area (Å²) in [5.74, 6) is 0.105. The molecular formula is C16H12N4O4. The molecule has 0 aliphatic carbocycles. The van der Waals surface area contributed by atoms with Crippen molar-refractivity contribution in [2.45, 2.75) is 0 Å². The summed E-state index contributed by atoms with van der Waals surface area (Å²) in [6, 6.07) is 9.44. The van der Waals surface area contributed by atoms with Crippen molar-refractivity contribution in [3.8, 4) is 35.8 Å². The molecule has 1 rings (SSSR count). The van der Waals surface area contributed by atoms with Gasteiger partial charge in [0, 0.05) is 10.4 Å². The molecule has 0 saturated carbocycles. The van der Waals surface area contributed by atoms with Crippen LogP contribution in [-0.4, -0.2) is 36.6 Å². The average molecular weight is 324 g/mol. The maximum Gasteiger partial charge on any atom is 0.140 e. The second-order valence-corrected chi connectivity index (χ2v) is 4.19. The van der Waals surface area contributed by atoms with Crippen molar-refractivity contribution in [3.05, 3.63) is 22.6 Å². The summed E-state index contributed by atoms with van der Waals surface area (Å²) < 4.78 is 10.6. The Morgan fingerprint density at radius 1 is 0.750 bits per heavy atom. The van der Waals surface area contributed by atoms with Crippen LogP contribution >= 0.6 is 0 Å². The van der Waals surface area contributed by atoms with E-state index < -0.39 is 0 Å². The lowest BCUT2D eigenvalue weighted by Crippen LogP contribution is -2.22. The lowest BCUT2D eigenvalue weighted by atomic mass is 10.1. The molecule has 8 nitrogen and oxygen atoms in total. The normalized spacial score (nSPS) is 8.92. The molecule has 2 N–H and O–H groups in total. The van der Waals surface area contributed by atoms with Crippen LogP contribution < -0.4 is 19.9 Å². The summed E-state index contributed by atoms with van der Waals surface area (Å²) in [5.41, 5.74) is -0.530. The van der Waals surface area contributed by atoms with Gasteiger partial charge in [0.15, 0.2) is 0 Å². The highest BCUT2D eigenvalue weighted by molar-refractivity contribution is 5.77. The van der Waals surface area contributed by atoms with Crippen LogP contribution in [0, 0.1) is 45.3 Å². The molecule has 0 unspecified atom stereocenters. The third kappa shape index (κ3) is 4.22. The molecular weight excluding hydrogens is 312 g/mol. The number of nitriles is 4. The molecule has 0 amide bonds. The van der Waals surface area contributed by atoms with E-state index in [-0.39, 0.29) is 59.5 Å². The first-order valence-electron chi connectivity index (χ1n) is 6.67. The lowest BCUT2D eigenvalue weighted by molar-refractivity contribution is 0.196. The van der Waals surface area contributed by atoms with Gasteiger partial charge in [0.1, 0.15) is 60.1 Å². The number of hydrogen-bond donors (Lipinski definition) is 2. The number of benzene rings is 1. The third-order valence-corrected chi connectivity index (χ3v) is 2.77. The molecule has 0 bridgehead atoms. The highest BCUT2D eigenvalue weighted by Gasteiger charge is 2.11. The summed E-state index contributed by atoms with van der Waals surface area (Å²) in [4.78, 5) is 0. The number of rotatable bonds is 6. The molecule has 1 aromatic carbocycles. The second kappa shape index (κ2) is 9.46. The molecule has 0 saturated heterocycles. The lowest BCUT2D eigenvalue weighted by Gasteiger charge is -2.10. The minimum Gasteiger partial charge on any atom is -0.490 e. The zero-order valence-electron chi connectivity index (χ0n) is 12.5. The standard InChI is InChI=1S/C16H12N4O4/c17-7-11(8-18)13-6-16(24-4-2-22)14(12(9-19)10-20)5-15(13)23-3-1-21/h5-6,21-22H,1-4H2. The van der Waals surface area contributed by atoms with Gasteiger partial charge in [-0.05, 0) is 12.1 Å². The zero-order valence-corrected chi connectivity index (χ0v) is 12.5. The number of aliphatic hydroxyl groups excluding tert-OH is 2. The van der Waals surface area contributed by atoms with Crippen molar-refractivity contribution >= 4 is 11.1 Å². The predicted molar refractivity (Wildman–Crippen MR) is 80.1 cm³/mol. The number of ether oxygens (including phenoxy) is 2. The number of aliphatic hydroxyl groups is 2. The predicted octanol–water partition coefficient (Wildman–Crippen LogP) is -1.18. The molecule has 0 aliphatic rings. The molecule has 120 valence electrons. The average Bonchev–Trinajstić information content (AvgIpc) is 2.61. The highest BCUT2D eigenvalue weighted by Crippen LogP contribution is 2.11. The van der Waals surface area contributed by atoms with E-state index in [2.05, 4.69) is 0 Å². The van der Waals surface area contributed by atoms with Crippen LogP contribution in [0.1, 0.15) is 0 Å². The van der Waals surface area contributed by atoms with Crippen LogP contribution in [-0.2, 0) is 0 Å². The molecule has 0 fully saturated rings. The Hall–Kier alpha value is -3.56. The van der Waals surface area contributed by atoms with Crippen molar-refractivity contribution < 1.29 is 19.7 Å². The first-order valence-corrected chi connectivity index (χ1v) is 6.67. The van der Waals surface area contributed by atoms with Crippen LogP contribution in [0.15, 0.2) is 12.1 Å². The highest BCUT2D eigenvalue weighted by atomic mass is 16.5. The summed E-state index contributed by atoms with van der Waals surface area (Å²) >= 11 is 0. The van der Waals surface area contributed by atoms with Gasteiger partial charge >= 0.3 is 0 Å². The maximum atomic E-state index is 9.06. The number of nitrogens with zero attached hydrogens (tertiary/aromatic N) is 4. The summed E-state index contributed by atoms with van der Waals surface area (Å²) in [6.45, 7) is -0.832. The Morgan fingerprint density at radius 2 is 1.08 bits per heavy atom. The van der Waals surface area contributed by atoms with Crippen LogP contribution in [0.4, 0.5) is 0 Å². The first-order chi connectivity index (χ1) is 11.7. The summed E-state index contributed by atoms with van der Waals surface area (Å²) in [6.07, 6.45) is 0. The maximum absolute atomic E-state index is 9.06. The Morgan fingerprint density at radius 3 is 1.33 bits per heavy atom.